The maximum atomic E-state index is 12.1. The number of hydrogen-bond donors (Lipinski definition) is 2. The number of benzene rings is 1. The molecular weight excluding hydrogens is 256 g/mol. The predicted molar refractivity (Wildman–Crippen MR) is 76.0 cm³/mol. The lowest BCUT2D eigenvalue weighted by atomic mass is 9.99. The molecule has 2 atom stereocenters. The minimum atomic E-state index is -0.816. The van der Waals surface area contributed by atoms with Gasteiger partial charge in [-0.15, -0.1) is 0 Å². The molecule has 3 N–H and O–H groups in total. The zero-order valence-corrected chi connectivity index (χ0v) is 11.6. The lowest BCUT2D eigenvalue weighted by Gasteiger charge is -2.15. The Kier molecular flexibility index (Phi) is 4.27. The fourth-order valence-corrected chi connectivity index (χ4v) is 2.65. The van der Waals surface area contributed by atoms with Gasteiger partial charge in [-0.05, 0) is 30.0 Å². The fourth-order valence-electron chi connectivity index (χ4n) is 2.65. The minimum Gasteiger partial charge on any atom is -0.481 e. The molecule has 5 nitrogen and oxygen atoms in total. The molecule has 1 aliphatic rings. The van der Waals surface area contributed by atoms with Crippen molar-refractivity contribution < 1.29 is 14.7 Å². The third-order valence-corrected chi connectivity index (χ3v) is 3.86. The van der Waals surface area contributed by atoms with Crippen molar-refractivity contribution in [3.05, 3.63) is 29.8 Å². The molecule has 0 spiro atoms. The second-order valence-corrected chi connectivity index (χ2v) is 5.47. The lowest BCUT2D eigenvalue weighted by Crippen LogP contribution is -2.30. The van der Waals surface area contributed by atoms with E-state index in [1.165, 1.54) is 0 Å². The zero-order chi connectivity index (χ0) is 14.7. The Hall–Kier alpha value is -2.04. The third-order valence-electron chi connectivity index (χ3n) is 3.86. The molecule has 0 saturated carbocycles. The number of carbonyl (C=O) groups excluding carboxylic acids is 1. The summed E-state index contributed by atoms with van der Waals surface area (Å²) in [5, 5.41) is 9.07. The van der Waals surface area contributed by atoms with Crippen LogP contribution in [0.25, 0.3) is 0 Å². The highest BCUT2D eigenvalue weighted by atomic mass is 16.4. The Morgan fingerprint density at radius 1 is 1.40 bits per heavy atom. The van der Waals surface area contributed by atoms with Gasteiger partial charge in [0.05, 0.1) is 5.92 Å². The second kappa shape index (κ2) is 5.94. The van der Waals surface area contributed by atoms with Crippen LogP contribution in [0.5, 0.6) is 0 Å². The molecule has 0 bridgehead atoms. The standard InChI is InChI=1S/C15H20N2O3/c1-10-8-17(9-13(10)15(19)20)14(18)6-5-11-3-2-4-12(16)7-11/h2-4,7,10,13H,5-6,8-9,16H2,1H3,(H,19,20). The van der Waals surface area contributed by atoms with Gasteiger partial charge in [0.2, 0.25) is 5.91 Å². The Morgan fingerprint density at radius 3 is 2.75 bits per heavy atom. The smallest absolute Gasteiger partial charge is 0.308 e. The highest BCUT2D eigenvalue weighted by Crippen LogP contribution is 2.24. The predicted octanol–water partition coefficient (Wildman–Crippen LogP) is 1.38. The number of likely N-dealkylation sites (tertiary alicyclic amines) is 1. The van der Waals surface area contributed by atoms with E-state index < -0.39 is 11.9 Å². The topological polar surface area (TPSA) is 83.6 Å². The van der Waals surface area contributed by atoms with Crippen molar-refractivity contribution in [2.75, 3.05) is 18.8 Å². The van der Waals surface area contributed by atoms with Crippen LogP contribution >= 0.6 is 0 Å². The van der Waals surface area contributed by atoms with Gasteiger partial charge in [-0.25, -0.2) is 0 Å². The third kappa shape index (κ3) is 3.29. The Morgan fingerprint density at radius 2 is 2.15 bits per heavy atom. The van der Waals surface area contributed by atoms with Gasteiger partial charge in [0, 0.05) is 25.2 Å². The van der Waals surface area contributed by atoms with Crippen LogP contribution in [0.3, 0.4) is 0 Å². The number of amides is 1. The molecule has 2 unspecified atom stereocenters. The van der Waals surface area contributed by atoms with Crippen LogP contribution in [0.15, 0.2) is 24.3 Å². The molecule has 1 aliphatic heterocycles. The van der Waals surface area contributed by atoms with Crippen molar-refractivity contribution in [3.8, 4) is 0 Å². The SMILES string of the molecule is CC1CN(C(=O)CCc2cccc(N)c2)CC1C(=O)O. The number of nitrogens with two attached hydrogens (primary N) is 1. The molecule has 1 aromatic carbocycles. The summed E-state index contributed by atoms with van der Waals surface area (Å²) < 4.78 is 0. The molecule has 1 saturated heterocycles. The van der Waals surface area contributed by atoms with Crippen molar-refractivity contribution >= 4 is 17.6 Å². The van der Waals surface area contributed by atoms with Crippen molar-refractivity contribution in [1.82, 2.24) is 4.90 Å². The molecule has 0 aromatic heterocycles. The van der Waals surface area contributed by atoms with E-state index >= 15 is 0 Å². The first-order valence-electron chi connectivity index (χ1n) is 6.82. The fraction of sp³-hybridized carbons (Fsp3) is 0.467. The number of nitrogen functional groups attached to an aromatic ring is 1. The van der Waals surface area contributed by atoms with Gasteiger partial charge in [0.15, 0.2) is 0 Å². The van der Waals surface area contributed by atoms with Gasteiger partial charge in [-0.1, -0.05) is 19.1 Å². The summed E-state index contributed by atoms with van der Waals surface area (Å²) in [5.74, 6) is -1.22. The molecule has 20 heavy (non-hydrogen) atoms. The number of carbonyl (C=O) groups is 2. The van der Waals surface area contributed by atoms with E-state index in [2.05, 4.69) is 0 Å². The summed E-state index contributed by atoms with van der Waals surface area (Å²) in [7, 11) is 0. The van der Waals surface area contributed by atoms with Crippen LogP contribution in [-0.2, 0) is 16.0 Å². The number of aliphatic carboxylic acids is 1. The summed E-state index contributed by atoms with van der Waals surface area (Å²) in [4.78, 5) is 24.8. The molecular formula is C15H20N2O3. The maximum Gasteiger partial charge on any atom is 0.308 e. The first-order chi connectivity index (χ1) is 9.47. The average molecular weight is 276 g/mol. The van der Waals surface area contributed by atoms with E-state index in [-0.39, 0.29) is 11.8 Å². The van der Waals surface area contributed by atoms with E-state index in [0.29, 0.717) is 31.6 Å². The summed E-state index contributed by atoms with van der Waals surface area (Å²) in [6.07, 6.45) is 1.02. The van der Waals surface area contributed by atoms with Crippen LogP contribution in [0.2, 0.25) is 0 Å². The van der Waals surface area contributed by atoms with E-state index in [4.69, 9.17) is 10.8 Å². The average Bonchev–Trinajstić information content (AvgIpc) is 2.78. The summed E-state index contributed by atoms with van der Waals surface area (Å²) in [6.45, 7) is 2.74. The van der Waals surface area contributed by atoms with Gasteiger partial charge in [0.1, 0.15) is 0 Å². The number of rotatable bonds is 4. The monoisotopic (exact) mass is 276 g/mol. The zero-order valence-electron chi connectivity index (χ0n) is 11.6. The number of anilines is 1. The van der Waals surface area contributed by atoms with Gasteiger partial charge >= 0.3 is 5.97 Å². The van der Waals surface area contributed by atoms with Crippen LogP contribution in [0.4, 0.5) is 5.69 Å². The highest BCUT2D eigenvalue weighted by molar-refractivity contribution is 5.79. The molecule has 0 radical (unpaired) electrons. The number of carboxylic acid groups (broad SMARTS) is 1. The number of aryl methyl sites for hydroxylation is 1. The molecule has 0 aliphatic carbocycles. The van der Waals surface area contributed by atoms with Crippen LogP contribution in [0, 0.1) is 11.8 Å². The number of nitrogens with zero attached hydrogens (tertiary/aromatic N) is 1. The van der Waals surface area contributed by atoms with E-state index in [1.54, 1.807) is 4.90 Å². The van der Waals surface area contributed by atoms with Crippen molar-refractivity contribution in [2.45, 2.75) is 19.8 Å². The first-order valence-corrected chi connectivity index (χ1v) is 6.82. The minimum absolute atomic E-state index is 0.0167. The normalized spacial score (nSPS) is 21.9. The second-order valence-electron chi connectivity index (χ2n) is 5.47. The van der Waals surface area contributed by atoms with E-state index in [0.717, 1.165) is 5.56 Å². The summed E-state index contributed by atoms with van der Waals surface area (Å²) in [6, 6.07) is 7.48. The molecule has 1 aromatic rings. The highest BCUT2D eigenvalue weighted by Gasteiger charge is 2.36. The van der Waals surface area contributed by atoms with E-state index in [9.17, 15) is 9.59 Å². The largest absolute Gasteiger partial charge is 0.481 e. The Bertz CT molecular complexity index is 516. The molecule has 1 heterocycles. The quantitative estimate of drug-likeness (QED) is 0.814. The van der Waals surface area contributed by atoms with Gasteiger partial charge in [0.25, 0.3) is 0 Å². The van der Waals surface area contributed by atoms with E-state index in [1.807, 2.05) is 31.2 Å². The summed E-state index contributed by atoms with van der Waals surface area (Å²) >= 11 is 0. The van der Waals surface area contributed by atoms with Crippen LogP contribution in [-0.4, -0.2) is 35.0 Å². The summed E-state index contributed by atoms with van der Waals surface area (Å²) in [5.41, 5.74) is 7.41. The Balaban J connectivity index is 1.88. The molecule has 1 fully saturated rings. The van der Waals surface area contributed by atoms with Crippen molar-refractivity contribution in [1.29, 1.82) is 0 Å². The van der Waals surface area contributed by atoms with Crippen molar-refractivity contribution in [2.24, 2.45) is 11.8 Å². The molecule has 2 rings (SSSR count). The maximum absolute atomic E-state index is 12.1. The van der Waals surface area contributed by atoms with Crippen molar-refractivity contribution in [3.63, 3.8) is 0 Å². The van der Waals surface area contributed by atoms with Crippen LogP contribution in [0.1, 0.15) is 18.9 Å². The molecule has 5 heteroatoms. The van der Waals surface area contributed by atoms with Gasteiger partial charge < -0.3 is 15.7 Å². The number of carboxylic acids is 1. The Labute approximate surface area is 118 Å². The first kappa shape index (κ1) is 14.4. The molecule has 108 valence electrons. The lowest BCUT2D eigenvalue weighted by molar-refractivity contribution is -0.142. The molecule has 1 amide bonds. The van der Waals surface area contributed by atoms with Gasteiger partial charge in [-0.3, -0.25) is 9.59 Å². The number of hydrogen-bond acceptors (Lipinski definition) is 3. The van der Waals surface area contributed by atoms with Gasteiger partial charge in [-0.2, -0.15) is 0 Å². The van der Waals surface area contributed by atoms with Crippen LogP contribution < -0.4 is 5.73 Å².